The van der Waals surface area contributed by atoms with Crippen molar-refractivity contribution in [2.45, 2.75) is 126 Å². The van der Waals surface area contributed by atoms with Gasteiger partial charge in [-0.25, -0.2) is 0 Å². The monoisotopic (exact) mass is 1430 g/mol. The number of hydrogen-bond acceptors (Lipinski definition) is 22. The summed E-state index contributed by atoms with van der Waals surface area (Å²) in [6.07, 6.45) is -0.139. The predicted octanol–water partition coefficient (Wildman–Crippen LogP) is -4.42. The van der Waals surface area contributed by atoms with Crippen LogP contribution < -0.4 is 58.5 Å². The van der Waals surface area contributed by atoms with Gasteiger partial charge in [0.2, 0.25) is 47.3 Å². The Bertz CT molecular complexity index is 3270. The van der Waals surface area contributed by atoms with Crippen LogP contribution in [0.25, 0.3) is 10.9 Å². The molecule has 14 N–H and O–H groups in total. The van der Waals surface area contributed by atoms with Gasteiger partial charge >= 0.3 is 17.1 Å². The van der Waals surface area contributed by atoms with Gasteiger partial charge in [0, 0.05) is 93.7 Å². The average Bonchev–Trinajstić information content (AvgIpc) is 1.77. The van der Waals surface area contributed by atoms with Crippen molar-refractivity contribution in [1.29, 1.82) is 0 Å². The van der Waals surface area contributed by atoms with Crippen molar-refractivity contribution >= 4 is 91.7 Å². The van der Waals surface area contributed by atoms with Crippen LogP contribution in [-0.4, -0.2) is 256 Å². The van der Waals surface area contributed by atoms with Crippen molar-refractivity contribution in [2.24, 2.45) is 5.73 Å². The minimum Gasteiger partial charge on any atom is -0.549 e. The quantitative estimate of drug-likeness (QED) is 0.0201. The number of aliphatic hydroxyl groups is 2. The molecule has 2 unspecified atom stereocenters. The van der Waals surface area contributed by atoms with Gasteiger partial charge in [-0.2, -0.15) is 0 Å². The number of H-pyrrole nitrogens is 1. The fourth-order valence-corrected chi connectivity index (χ4v) is 13.9. The second-order valence-corrected chi connectivity index (χ2v) is 27.0. The SMILES string of the molecule is C[C@@H](O)[C@H](NC(=O)[C@@H]1CSSC[C@H](NC(=O)[C@@H](Cc2ccccc2)NC(=O)CN2CCCN3CCN(CCCN(CC(=O)[O-])CC3)CC2)C(=O)N[C@@H](Cc2ccc(O)cc2)C(=O)N[C@H](Cc2c[nH]c3ccccc23)C(=O)N[C@@H](CCCCN)C(=O)N[C@@H]([C@@H](C)O)C(=O)N1)C(=O)[O-].[64Cu+2]. The zero-order valence-corrected chi connectivity index (χ0v) is 56.9. The molecule has 32 heteroatoms. The van der Waals surface area contributed by atoms with Gasteiger partial charge in [0.25, 0.3) is 0 Å². The number of fused-ring (bicyclic) bond motifs is 4. The number of aliphatic carboxylic acids is 2. The number of carboxylic acid groups (broad SMARTS) is 2. The first-order chi connectivity index (χ1) is 46.0. The predicted molar refractivity (Wildman–Crippen MR) is 356 cm³/mol. The fraction of sp³-hybridized carbons (Fsp3) is 0.538. The maximum absolute atomic E-state index is 15.3. The van der Waals surface area contributed by atoms with Gasteiger partial charge in [-0.1, -0.05) is 82.3 Å². The summed E-state index contributed by atoms with van der Waals surface area (Å²) in [6.45, 7) is 8.66. The number of aliphatic hydroxyl groups excluding tert-OH is 2. The molecule has 1 radical (unpaired) electrons. The van der Waals surface area contributed by atoms with Crippen LogP contribution in [0.5, 0.6) is 5.75 Å². The van der Waals surface area contributed by atoms with Crippen LogP contribution in [0.1, 0.15) is 62.6 Å². The molecule has 3 aliphatic heterocycles. The molecule has 4 aromatic rings. The van der Waals surface area contributed by atoms with Gasteiger partial charge < -0.3 is 98.2 Å². The van der Waals surface area contributed by atoms with Gasteiger partial charge in [0.05, 0.1) is 36.7 Å². The topological polar surface area (TPSA) is 429 Å². The van der Waals surface area contributed by atoms with Gasteiger partial charge in [0.15, 0.2) is 0 Å². The van der Waals surface area contributed by atoms with Crippen molar-refractivity contribution in [1.82, 2.24) is 67.1 Å². The summed E-state index contributed by atoms with van der Waals surface area (Å²) in [6, 6.07) is 9.01. The molecule has 7 rings (SSSR count). The average molecular weight is 1440 g/mol. The van der Waals surface area contributed by atoms with Crippen molar-refractivity contribution in [3.8, 4) is 5.75 Å². The van der Waals surface area contributed by atoms with Gasteiger partial charge in [-0.15, -0.1) is 0 Å². The zero-order valence-electron chi connectivity index (χ0n) is 54.3. The number of amides is 8. The van der Waals surface area contributed by atoms with Crippen LogP contribution in [0.15, 0.2) is 85.1 Å². The third-order valence-corrected chi connectivity index (χ3v) is 19.4. The first-order valence-corrected chi connectivity index (χ1v) is 34.9. The van der Waals surface area contributed by atoms with E-state index >= 15 is 14.4 Å². The Morgan fingerprint density at radius 1 is 0.639 bits per heavy atom. The van der Waals surface area contributed by atoms with E-state index in [1.165, 1.54) is 31.2 Å². The Hall–Kier alpha value is -7.36. The van der Waals surface area contributed by atoms with Crippen molar-refractivity contribution in [2.75, 3.05) is 96.6 Å². The van der Waals surface area contributed by atoms with Crippen LogP contribution in [0.3, 0.4) is 0 Å². The maximum Gasteiger partial charge on any atom is 2.00 e. The van der Waals surface area contributed by atoms with Gasteiger partial charge in [0.1, 0.15) is 48.0 Å². The number of nitrogens with zero attached hydrogens (tertiary/aromatic N) is 4. The molecule has 3 aromatic carbocycles. The number of hydrogen-bond donors (Lipinski definition) is 13. The largest absolute Gasteiger partial charge is 2.00 e. The van der Waals surface area contributed by atoms with Crippen LogP contribution in [0.4, 0.5) is 0 Å². The number of unbranched alkanes of at least 4 members (excludes halogenated alkanes) is 1. The molecule has 0 saturated carbocycles. The molecule has 12 atom stereocenters. The molecule has 533 valence electrons. The Labute approximate surface area is 581 Å². The third-order valence-electron chi connectivity index (χ3n) is 17.0. The number of nitrogens with two attached hydrogens (primary N) is 1. The number of aromatic nitrogens is 1. The van der Waals surface area contributed by atoms with E-state index in [9.17, 15) is 59.1 Å². The second-order valence-electron chi connectivity index (χ2n) is 24.5. The number of phenols is 1. The van der Waals surface area contributed by atoms with E-state index in [1.54, 1.807) is 54.7 Å². The number of nitrogens with one attached hydrogen (secondary N) is 9. The Kier molecular flexibility index (Phi) is 32.3. The summed E-state index contributed by atoms with van der Waals surface area (Å²) in [5, 5.41) is 77.2. The summed E-state index contributed by atoms with van der Waals surface area (Å²) in [4.78, 5) is 153. The molecule has 3 fully saturated rings. The van der Waals surface area contributed by atoms with Crippen LogP contribution in [0.2, 0.25) is 0 Å². The molecule has 0 spiro atoms. The van der Waals surface area contributed by atoms with Gasteiger partial charge in [-0.3, -0.25) is 48.2 Å². The summed E-state index contributed by atoms with van der Waals surface area (Å²) in [5.74, 6) is -11.1. The Balaban J connectivity index is 0.0000149. The van der Waals surface area contributed by atoms with Crippen LogP contribution >= 0.6 is 21.6 Å². The standard InChI is InChI=1S/C65H92N14O15S2.Cu/c1-40(80)56-64(92)73-53(63(91)75-57(41(2)81)65(93)94)39-96-95-38-52(72-59(87)49(32-42-12-4-3-5-13-42)68-54(83)36-78-24-10-22-77-27-26-76(28-30-78)23-11-25-79(31-29-77)37-55(84)85)62(90)70-50(33-43-17-19-45(82)20-18-43)60(88)71-51(34-44-35-67-47-15-7-6-14-46(44)47)61(89)69-48(58(86)74-56)16-8-9-21-66;/h3-7,12-15,17-20,35,40-41,48-53,56-57,67,80-82H,8-11,16,21-34,36-39,66H2,1-2H3,(H,68,83)(H,69,89)(H,70,90)(H,71,88)(H,72,87)(H,73,92)(H,74,86)(H,75,91)(H,84,85)(H,93,94);/q;+2/p-2/t40-,41-,48+,49-,50+,51-,52+,53+,56+,57+;/m1./s1/i;1+0. The molecule has 0 aliphatic carbocycles. The molecule has 8 amide bonds. The van der Waals surface area contributed by atoms with Crippen molar-refractivity contribution in [3.63, 3.8) is 0 Å². The van der Waals surface area contributed by atoms with Crippen LogP contribution in [-0.2, 0) is 84.3 Å². The third kappa shape index (κ3) is 25.5. The normalized spacial score (nSPS) is 23.9. The summed E-state index contributed by atoms with van der Waals surface area (Å²) >= 11 is 0. The van der Waals surface area contributed by atoms with Gasteiger partial charge in [-0.05, 0) is 114 Å². The number of carbonyl (C=O) groups excluding carboxylic acids is 10. The number of aromatic amines is 1. The fourth-order valence-electron chi connectivity index (χ4n) is 11.6. The number of carboxylic acids is 2. The summed E-state index contributed by atoms with van der Waals surface area (Å²) in [5.41, 5.74) is 8.20. The number of aromatic hydroxyl groups is 1. The number of phenolic OH excluding ortho intramolecular Hbond substituents is 1. The molecule has 3 saturated heterocycles. The first kappa shape index (κ1) is 78.6. The summed E-state index contributed by atoms with van der Waals surface area (Å²) < 4.78 is 0. The van der Waals surface area contributed by atoms with Crippen molar-refractivity contribution < 1.29 is 90.5 Å². The minimum absolute atomic E-state index is 0. The molecule has 2 bridgehead atoms. The summed E-state index contributed by atoms with van der Waals surface area (Å²) in [7, 11) is 1.77. The number of benzene rings is 3. The number of carbonyl (C=O) groups is 10. The van der Waals surface area contributed by atoms with E-state index in [-0.39, 0.29) is 80.3 Å². The van der Waals surface area contributed by atoms with Crippen molar-refractivity contribution in [3.05, 3.63) is 102 Å². The molecule has 97 heavy (non-hydrogen) atoms. The Morgan fingerprint density at radius 3 is 1.86 bits per heavy atom. The smallest absolute Gasteiger partial charge is 0.549 e. The molecular formula is C65H90CuN14O15S2. The zero-order chi connectivity index (χ0) is 69.3. The van der Waals surface area contributed by atoms with E-state index in [1.807, 2.05) is 15.9 Å². The number of para-hydroxylation sites is 1. The maximum atomic E-state index is 15.3. The molecular weight excluding hydrogens is 1340 g/mol. The van der Waals surface area contributed by atoms with E-state index in [4.69, 9.17) is 5.73 Å². The number of rotatable bonds is 22. The van der Waals surface area contributed by atoms with E-state index in [2.05, 4.69) is 57.3 Å². The van der Waals surface area contributed by atoms with E-state index < -0.39 is 125 Å². The molecule has 1 aromatic heterocycles. The van der Waals surface area contributed by atoms with E-state index in [0.29, 0.717) is 92.8 Å². The van der Waals surface area contributed by atoms with E-state index in [0.717, 1.165) is 48.0 Å². The first-order valence-electron chi connectivity index (χ1n) is 32.4. The minimum atomic E-state index is -1.98. The molecule has 4 heterocycles. The molecule has 29 nitrogen and oxygen atoms in total. The molecule has 3 aliphatic rings. The second kappa shape index (κ2) is 39.9. The van der Waals surface area contributed by atoms with Crippen LogP contribution in [0, 0.1) is 0 Å². The Morgan fingerprint density at radius 2 is 1.23 bits per heavy atom.